The van der Waals surface area contributed by atoms with Crippen LogP contribution in [0, 0.1) is 15.9 Å². The van der Waals surface area contributed by atoms with E-state index in [0.717, 1.165) is 5.56 Å². The minimum Gasteiger partial charge on any atom is -0.508 e. The number of fused-ring (bicyclic) bond motifs is 2. The molecule has 7 nitrogen and oxygen atoms in total. The molecule has 0 saturated heterocycles. The van der Waals surface area contributed by atoms with E-state index in [1.54, 1.807) is 12.1 Å². The molecule has 3 aromatic carbocycles. The largest absolute Gasteiger partial charge is 0.508 e. The van der Waals surface area contributed by atoms with Crippen molar-refractivity contribution < 1.29 is 14.4 Å². The number of benzene rings is 3. The first-order valence-corrected chi connectivity index (χ1v) is 8.38. The van der Waals surface area contributed by atoms with E-state index in [4.69, 9.17) is 0 Å². The standard InChI is InChI=1S/C20H14FN3O4/c21-12-3-1-11(2-4-12)10-22-16-7-8-17(24(27)28)19-18(16)20(26)14-9-13(25)5-6-15(14)23-19/h1-9,22,25H,10H2,(H,23,26). The topological polar surface area (TPSA) is 108 Å². The number of aromatic hydroxyl groups is 1. The molecule has 0 amide bonds. The summed E-state index contributed by atoms with van der Waals surface area (Å²) in [5.41, 5.74) is 0.991. The summed E-state index contributed by atoms with van der Waals surface area (Å²) in [5, 5.41) is 24.6. The molecule has 0 aliphatic heterocycles. The number of aromatic nitrogens is 1. The van der Waals surface area contributed by atoms with E-state index in [1.165, 1.54) is 42.5 Å². The van der Waals surface area contributed by atoms with E-state index in [1.807, 2.05) is 0 Å². The number of aromatic amines is 1. The fourth-order valence-corrected chi connectivity index (χ4v) is 3.15. The molecule has 3 N–H and O–H groups in total. The van der Waals surface area contributed by atoms with Crippen LogP contribution in [-0.2, 0) is 6.54 Å². The molecule has 140 valence electrons. The lowest BCUT2D eigenvalue weighted by atomic mass is 10.1. The lowest BCUT2D eigenvalue weighted by Gasteiger charge is -2.11. The molecule has 0 bridgehead atoms. The van der Waals surface area contributed by atoms with Crippen LogP contribution < -0.4 is 10.7 Å². The molecule has 0 aliphatic rings. The third-order valence-electron chi connectivity index (χ3n) is 4.51. The molecule has 1 aromatic heterocycles. The normalized spacial score (nSPS) is 11.0. The molecule has 0 radical (unpaired) electrons. The van der Waals surface area contributed by atoms with Crippen molar-refractivity contribution in [1.82, 2.24) is 4.98 Å². The number of phenols is 1. The Labute approximate surface area is 157 Å². The van der Waals surface area contributed by atoms with E-state index in [2.05, 4.69) is 10.3 Å². The number of nitro groups is 1. The molecule has 1 heterocycles. The number of H-pyrrole nitrogens is 1. The number of nitro benzene ring substituents is 1. The van der Waals surface area contributed by atoms with Gasteiger partial charge in [0, 0.05) is 23.7 Å². The smallest absolute Gasteiger partial charge is 0.293 e. The minimum absolute atomic E-state index is 0.0800. The minimum atomic E-state index is -0.561. The van der Waals surface area contributed by atoms with Gasteiger partial charge < -0.3 is 15.4 Å². The van der Waals surface area contributed by atoms with Gasteiger partial charge in [0.25, 0.3) is 5.69 Å². The van der Waals surface area contributed by atoms with Crippen LogP contribution in [0.3, 0.4) is 0 Å². The summed E-state index contributed by atoms with van der Waals surface area (Å²) in [5.74, 6) is -0.434. The summed E-state index contributed by atoms with van der Waals surface area (Å²) in [4.78, 5) is 26.8. The first kappa shape index (κ1) is 17.5. The van der Waals surface area contributed by atoms with Gasteiger partial charge in [-0.1, -0.05) is 12.1 Å². The molecule has 4 rings (SSSR count). The summed E-state index contributed by atoms with van der Waals surface area (Å²) >= 11 is 0. The number of rotatable bonds is 4. The highest BCUT2D eigenvalue weighted by atomic mass is 19.1. The molecule has 28 heavy (non-hydrogen) atoms. The Morgan fingerprint density at radius 3 is 2.57 bits per heavy atom. The highest BCUT2D eigenvalue weighted by Gasteiger charge is 2.19. The summed E-state index contributed by atoms with van der Waals surface area (Å²) in [7, 11) is 0. The van der Waals surface area contributed by atoms with Crippen LogP contribution in [0.15, 0.2) is 59.4 Å². The van der Waals surface area contributed by atoms with Crippen molar-refractivity contribution >= 4 is 33.2 Å². The molecular weight excluding hydrogens is 365 g/mol. The summed E-state index contributed by atoms with van der Waals surface area (Å²) in [6.45, 7) is 0.296. The van der Waals surface area contributed by atoms with E-state index < -0.39 is 10.4 Å². The predicted molar refractivity (Wildman–Crippen MR) is 104 cm³/mol. The van der Waals surface area contributed by atoms with Gasteiger partial charge in [-0.25, -0.2) is 4.39 Å². The summed E-state index contributed by atoms with van der Waals surface area (Å²) in [6, 6.07) is 12.9. The van der Waals surface area contributed by atoms with Gasteiger partial charge in [-0.15, -0.1) is 0 Å². The van der Waals surface area contributed by atoms with E-state index in [9.17, 15) is 24.4 Å². The summed E-state index contributed by atoms with van der Waals surface area (Å²) in [6.07, 6.45) is 0. The molecular formula is C20H14FN3O4. The van der Waals surface area contributed by atoms with Crippen molar-refractivity contribution in [2.24, 2.45) is 0 Å². The highest BCUT2D eigenvalue weighted by molar-refractivity contribution is 6.03. The van der Waals surface area contributed by atoms with Crippen LogP contribution in [0.4, 0.5) is 15.8 Å². The first-order valence-electron chi connectivity index (χ1n) is 8.38. The number of anilines is 1. The van der Waals surface area contributed by atoms with Gasteiger partial charge in [-0.2, -0.15) is 0 Å². The SMILES string of the molecule is O=c1c2cc(O)ccc2[nH]c2c([N+](=O)[O-])ccc(NCc3ccc(F)cc3)c12. The van der Waals surface area contributed by atoms with Crippen LogP contribution >= 0.6 is 0 Å². The van der Waals surface area contributed by atoms with Crippen molar-refractivity contribution in [2.75, 3.05) is 5.32 Å². The second kappa shape index (κ2) is 6.66. The monoisotopic (exact) mass is 379 g/mol. The Morgan fingerprint density at radius 1 is 1.11 bits per heavy atom. The second-order valence-electron chi connectivity index (χ2n) is 6.30. The second-order valence-corrected chi connectivity index (χ2v) is 6.30. The van der Waals surface area contributed by atoms with Crippen LogP contribution in [-0.4, -0.2) is 15.0 Å². The lowest BCUT2D eigenvalue weighted by Crippen LogP contribution is -2.10. The predicted octanol–water partition coefficient (Wildman–Crippen LogP) is 4.05. The zero-order valence-corrected chi connectivity index (χ0v) is 14.4. The van der Waals surface area contributed by atoms with E-state index >= 15 is 0 Å². The first-order chi connectivity index (χ1) is 13.4. The summed E-state index contributed by atoms with van der Waals surface area (Å²) < 4.78 is 13.1. The molecule has 0 saturated carbocycles. The fourth-order valence-electron chi connectivity index (χ4n) is 3.15. The van der Waals surface area contributed by atoms with Crippen molar-refractivity contribution in [1.29, 1.82) is 0 Å². The van der Waals surface area contributed by atoms with Crippen LogP contribution in [0.5, 0.6) is 5.75 Å². The number of halogens is 1. The number of nitrogens with one attached hydrogen (secondary N) is 2. The maximum atomic E-state index is 13.1. The van der Waals surface area contributed by atoms with Gasteiger partial charge in [0.2, 0.25) is 0 Å². The average molecular weight is 379 g/mol. The Morgan fingerprint density at radius 2 is 1.86 bits per heavy atom. The molecule has 0 atom stereocenters. The quantitative estimate of drug-likeness (QED) is 0.282. The van der Waals surface area contributed by atoms with Crippen LogP contribution in [0.25, 0.3) is 21.8 Å². The Hall–Kier alpha value is -3.94. The zero-order chi connectivity index (χ0) is 19.8. The molecule has 0 aliphatic carbocycles. The molecule has 0 spiro atoms. The van der Waals surface area contributed by atoms with Crippen LogP contribution in [0.1, 0.15) is 5.56 Å². The van der Waals surface area contributed by atoms with Gasteiger partial charge in [0.1, 0.15) is 17.1 Å². The third kappa shape index (κ3) is 3.01. The van der Waals surface area contributed by atoms with Crippen molar-refractivity contribution in [3.63, 3.8) is 0 Å². The lowest BCUT2D eigenvalue weighted by molar-refractivity contribution is -0.383. The van der Waals surface area contributed by atoms with E-state index in [0.29, 0.717) is 17.7 Å². The zero-order valence-electron chi connectivity index (χ0n) is 14.4. The molecule has 0 fully saturated rings. The van der Waals surface area contributed by atoms with Gasteiger partial charge in [0.15, 0.2) is 5.43 Å². The molecule has 0 unspecified atom stereocenters. The van der Waals surface area contributed by atoms with Crippen molar-refractivity contribution in [2.45, 2.75) is 6.54 Å². The van der Waals surface area contributed by atoms with Gasteiger partial charge >= 0.3 is 0 Å². The maximum absolute atomic E-state index is 13.1. The third-order valence-corrected chi connectivity index (χ3v) is 4.51. The van der Waals surface area contributed by atoms with Crippen molar-refractivity contribution in [3.8, 4) is 5.75 Å². The number of nitrogens with zero attached hydrogens (tertiary/aromatic N) is 1. The number of non-ortho nitro benzene ring substituents is 1. The van der Waals surface area contributed by atoms with Gasteiger partial charge in [-0.05, 0) is 42.0 Å². The number of pyridine rings is 1. The Bertz CT molecular complexity index is 1280. The van der Waals surface area contributed by atoms with Gasteiger partial charge in [0.05, 0.1) is 15.8 Å². The van der Waals surface area contributed by atoms with Gasteiger partial charge in [-0.3, -0.25) is 14.9 Å². The maximum Gasteiger partial charge on any atom is 0.293 e. The number of hydrogen-bond acceptors (Lipinski definition) is 5. The highest BCUT2D eigenvalue weighted by Crippen LogP contribution is 2.30. The van der Waals surface area contributed by atoms with E-state index in [-0.39, 0.29) is 33.5 Å². The Balaban J connectivity index is 1.90. The molecule has 4 aromatic rings. The van der Waals surface area contributed by atoms with Crippen LogP contribution in [0.2, 0.25) is 0 Å². The molecule has 8 heteroatoms. The average Bonchev–Trinajstić information content (AvgIpc) is 2.67. The van der Waals surface area contributed by atoms with Crippen molar-refractivity contribution in [3.05, 3.63) is 86.3 Å². The Kier molecular flexibility index (Phi) is 4.15. The fraction of sp³-hybridized carbons (Fsp3) is 0.0500. The number of hydrogen-bond donors (Lipinski definition) is 3. The number of phenolic OH excluding ortho intramolecular Hbond substituents is 1.